The summed E-state index contributed by atoms with van der Waals surface area (Å²) in [4.78, 5) is 36.6. The van der Waals surface area contributed by atoms with Crippen LogP contribution in [-0.2, 0) is 14.3 Å². The van der Waals surface area contributed by atoms with Gasteiger partial charge >= 0.3 is 5.97 Å². The molecular formula is C15H24N4O3. The fraction of sp³-hybridized carbons (Fsp3) is 0.733. The molecule has 7 nitrogen and oxygen atoms in total. The maximum absolute atomic E-state index is 12.2. The largest absolute Gasteiger partial charge is 0.466 e. The third-order valence-electron chi connectivity index (χ3n) is 4.02. The van der Waals surface area contributed by atoms with Gasteiger partial charge in [0.1, 0.15) is 0 Å². The van der Waals surface area contributed by atoms with Crippen molar-refractivity contribution in [2.45, 2.75) is 26.7 Å². The number of ether oxygens (including phenoxy) is 1. The van der Waals surface area contributed by atoms with Crippen LogP contribution in [0.4, 0.5) is 0 Å². The Kier molecular flexibility index (Phi) is 5.65. The van der Waals surface area contributed by atoms with Crippen LogP contribution < -0.4 is 0 Å². The molecule has 1 amide bonds. The lowest BCUT2D eigenvalue weighted by molar-refractivity contribution is -0.143. The van der Waals surface area contributed by atoms with Crippen molar-refractivity contribution in [3.05, 3.63) is 0 Å². The highest BCUT2D eigenvalue weighted by atomic mass is 16.5. The number of amides is 1. The molecule has 2 aliphatic heterocycles. The highest BCUT2D eigenvalue weighted by Gasteiger charge is 2.29. The minimum atomic E-state index is -0.402. The summed E-state index contributed by atoms with van der Waals surface area (Å²) in [6.07, 6.45) is 0.628. The van der Waals surface area contributed by atoms with E-state index in [-0.39, 0.29) is 18.3 Å². The Balaban J connectivity index is 1.95. The van der Waals surface area contributed by atoms with Crippen molar-refractivity contribution in [3.8, 4) is 0 Å². The van der Waals surface area contributed by atoms with E-state index in [0.717, 1.165) is 31.9 Å². The molecule has 0 saturated carbocycles. The highest BCUT2D eigenvalue weighted by Crippen LogP contribution is 2.18. The number of carbonyl (C=O) groups excluding carboxylic acids is 2. The molecule has 1 unspecified atom stereocenters. The molecule has 0 N–H and O–H groups in total. The Morgan fingerprint density at radius 3 is 2.55 bits per heavy atom. The molecule has 0 bridgehead atoms. The summed E-state index contributed by atoms with van der Waals surface area (Å²) in [6.45, 7) is 7.49. The number of likely N-dealkylation sites (N-methyl/N-ethyl adjacent to an activating group) is 1. The minimum Gasteiger partial charge on any atom is -0.466 e. The number of aliphatic imine (C=N–C) groups is 2. The Morgan fingerprint density at radius 1 is 1.27 bits per heavy atom. The van der Waals surface area contributed by atoms with Gasteiger partial charge in [0.2, 0.25) is 5.96 Å². The van der Waals surface area contributed by atoms with Gasteiger partial charge < -0.3 is 14.5 Å². The molecule has 0 spiro atoms. The summed E-state index contributed by atoms with van der Waals surface area (Å²) in [6, 6.07) is 0. The van der Waals surface area contributed by atoms with Crippen molar-refractivity contribution in [1.29, 1.82) is 0 Å². The first-order valence-electron chi connectivity index (χ1n) is 7.78. The van der Waals surface area contributed by atoms with Gasteiger partial charge in [-0.15, -0.1) is 0 Å². The van der Waals surface area contributed by atoms with Gasteiger partial charge in [0, 0.05) is 38.3 Å². The van der Waals surface area contributed by atoms with Crippen LogP contribution >= 0.6 is 0 Å². The maximum Gasteiger partial charge on any atom is 0.305 e. The normalized spacial score (nSPS) is 23.1. The second kappa shape index (κ2) is 7.49. The van der Waals surface area contributed by atoms with Gasteiger partial charge in [-0.3, -0.25) is 9.59 Å². The number of hydrogen-bond acceptors (Lipinski definition) is 6. The van der Waals surface area contributed by atoms with E-state index in [0.29, 0.717) is 19.0 Å². The quantitative estimate of drug-likeness (QED) is 0.709. The van der Waals surface area contributed by atoms with Crippen molar-refractivity contribution in [3.63, 3.8) is 0 Å². The van der Waals surface area contributed by atoms with E-state index in [1.165, 1.54) is 0 Å². The zero-order valence-corrected chi connectivity index (χ0v) is 13.5. The molecule has 0 aliphatic carbocycles. The molecule has 1 fully saturated rings. The Hall–Kier alpha value is -1.76. The van der Waals surface area contributed by atoms with Gasteiger partial charge in [-0.05, 0) is 27.3 Å². The first-order chi connectivity index (χ1) is 10.5. The second-order valence-corrected chi connectivity index (χ2v) is 5.69. The molecule has 1 atom stereocenters. The highest BCUT2D eigenvalue weighted by molar-refractivity contribution is 6.14. The number of nitrogens with zero attached hydrogens (tertiary/aromatic N) is 4. The fourth-order valence-electron chi connectivity index (χ4n) is 2.59. The van der Waals surface area contributed by atoms with E-state index in [2.05, 4.69) is 21.9 Å². The number of hydrogen-bond donors (Lipinski definition) is 0. The average molecular weight is 308 g/mol. The number of esters is 1. The summed E-state index contributed by atoms with van der Waals surface area (Å²) >= 11 is 0. The molecule has 0 aromatic rings. The molecule has 0 radical (unpaired) electrons. The van der Waals surface area contributed by atoms with E-state index < -0.39 is 5.92 Å². The first kappa shape index (κ1) is 16.6. The standard InChI is InChI=1S/C15H24N4O3/c1-4-22-13(20)6-5-12-11(2)16-15(17-14(12)21)19-9-7-18(3)8-10-19/h12H,4-10H2,1-3H3. The molecule has 2 rings (SSSR count). The summed E-state index contributed by atoms with van der Waals surface area (Å²) in [5, 5.41) is 0. The number of guanidine groups is 1. The van der Waals surface area contributed by atoms with Gasteiger partial charge in [-0.25, -0.2) is 4.99 Å². The van der Waals surface area contributed by atoms with E-state index in [1.807, 2.05) is 11.8 Å². The lowest BCUT2D eigenvalue weighted by Crippen LogP contribution is -2.48. The van der Waals surface area contributed by atoms with Crippen molar-refractivity contribution in [2.24, 2.45) is 15.9 Å². The van der Waals surface area contributed by atoms with E-state index in [9.17, 15) is 9.59 Å². The van der Waals surface area contributed by atoms with Crippen molar-refractivity contribution in [2.75, 3.05) is 39.8 Å². The monoisotopic (exact) mass is 308 g/mol. The number of carbonyl (C=O) groups is 2. The summed E-state index contributed by atoms with van der Waals surface area (Å²) in [7, 11) is 2.07. The van der Waals surface area contributed by atoms with Crippen LogP contribution in [0.15, 0.2) is 9.98 Å². The first-order valence-corrected chi connectivity index (χ1v) is 7.78. The van der Waals surface area contributed by atoms with Gasteiger partial charge in [-0.1, -0.05) is 0 Å². The van der Waals surface area contributed by atoms with Gasteiger partial charge in [0.15, 0.2) is 0 Å². The molecule has 2 aliphatic rings. The smallest absolute Gasteiger partial charge is 0.305 e. The van der Waals surface area contributed by atoms with E-state index in [1.54, 1.807) is 6.92 Å². The van der Waals surface area contributed by atoms with Crippen LogP contribution in [0, 0.1) is 5.92 Å². The van der Waals surface area contributed by atoms with Gasteiger partial charge in [0.05, 0.1) is 12.5 Å². The van der Waals surface area contributed by atoms with E-state index in [4.69, 9.17) is 4.74 Å². The fourth-order valence-corrected chi connectivity index (χ4v) is 2.59. The van der Waals surface area contributed by atoms with Crippen LogP contribution in [0.1, 0.15) is 26.7 Å². The maximum atomic E-state index is 12.2. The molecule has 22 heavy (non-hydrogen) atoms. The molecule has 0 aromatic heterocycles. The third kappa shape index (κ3) is 4.13. The minimum absolute atomic E-state index is 0.203. The number of rotatable bonds is 4. The number of piperazine rings is 1. The zero-order chi connectivity index (χ0) is 16.1. The van der Waals surface area contributed by atoms with Crippen LogP contribution in [0.2, 0.25) is 0 Å². The molecule has 0 aromatic carbocycles. The van der Waals surface area contributed by atoms with E-state index >= 15 is 0 Å². The molecule has 7 heteroatoms. The van der Waals surface area contributed by atoms with Crippen LogP contribution in [0.25, 0.3) is 0 Å². The van der Waals surface area contributed by atoms with Gasteiger partial charge in [0.25, 0.3) is 5.91 Å². The molecule has 1 saturated heterocycles. The summed E-state index contributed by atoms with van der Waals surface area (Å²) in [5.74, 6) is -0.369. The Morgan fingerprint density at radius 2 is 1.95 bits per heavy atom. The predicted molar refractivity (Wildman–Crippen MR) is 84.0 cm³/mol. The van der Waals surface area contributed by atoms with Crippen LogP contribution in [0.3, 0.4) is 0 Å². The molecular weight excluding hydrogens is 284 g/mol. The zero-order valence-electron chi connectivity index (χ0n) is 13.5. The predicted octanol–water partition coefficient (Wildman–Crippen LogP) is 0.550. The lowest BCUT2D eigenvalue weighted by Gasteiger charge is -2.34. The van der Waals surface area contributed by atoms with Gasteiger partial charge in [-0.2, -0.15) is 4.99 Å². The van der Waals surface area contributed by atoms with Crippen LogP contribution in [0.5, 0.6) is 0 Å². The van der Waals surface area contributed by atoms with Crippen molar-refractivity contribution >= 4 is 23.5 Å². The van der Waals surface area contributed by atoms with Crippen LogP contribution in [-0.4, -0.2) is 73.2 Å². The molecule has 2 heterocycles. The average Bonchev–Trinajstić information content (AvgIpc) is 2.47. The Bertz CT molecular complexity index is 493. The lowest BCUT2D eigenvalue weighted by atomic mass is 9.96. The molecule has 122 valence electrons. The second-order valence-electron chi connectivity index (χ2n) is 5.69. The Labute approximate surface area is 131 Å². The third-order valence-corrected chi connectivity index (χ3v) is 4.02. The summed E-state index contributed by atoms with van der Waals surface area (Å²) < 4.78 is 4.89. The summed E-state index contributed by atoms with van der Waals surface area (Å²) in [5.41, 5.74) is 0.734. The topological polar surface area (TPSA) is 74.6 Å². The SMILES string of the molecule is CCOC(=O)CCC1C(=O)N=C(N2CCN(C)CC2)N=C1C. The van der Waals surface area contributed by atoms with Crippen molar-refractivity contribution < 1.29 is 14.3 Å². The van der Waals surface area contributed by atoms with Crippen molar-refractivity contribution in [1.82, 2.24) is 9.80 Å².